The third-order valence-corrected chi connectivity index (χ3v) is 7.83. The second-order valence-corrected chi connectivity index (χ2v) is 10.5. The first-order valence-electron chi connectivity index (χ1n) is 12.6. The first kappa shape index (κ1) is 23.7. The second-order valence-electron chi connectivity index (χ2n) is 10.0. The summed E-state index contributed by atoms with van der Waals surface area (Å²) in [7, 11) is 1.81. The zero-order valence-electron chi connectivity index (χ0n) is 20.4. The lowest BCUT2D eigenvalue weighted by atomic mass is 9.94. The van der Waals surface area contributed by atoms with Crippen molar-refractivity contribution >= 4 is 17.2 Å². The Labute approximate surface area is 207 Å². The number of halogens is 1. The number of nitrogens with zero attached hydrogens (tertiary/aromatic N) is 5. The van der Waals surface area contributed by atoms with Crippen molar-refractivity contribution in [3.63, 3.8) is 0 Å². The molecule has 2 fully saturated rings. The van der Waals surface area contributed by atoms with Crippen molar-refractivity contribution in [2.24, 2.45) is 5.92 Å². The number of aryl methyl sites for hydroxylation is 1. The molecule has 182 valence electrons. The van der Waals surface area contributed by atoms with Gasteiger partial charge in [-0.3, -0.25) is 9.80 Å². The first-order valence-corrected chi connectivity index (χ1v) is 13.0. The molecular weight excluding hydrogens is 446 g/mol. The number of aromatic nitrogens is 3. The minimum Gasteiger partial charge on any atom is -0.384 e. The summed E-state index contributed by atoms with van der Waals surface area (Å²) in [6, 6.07) is 10.4. The van der Waals surface area contributed by atoms with E-state index in [0.29, 0.717) is 11.8 Å². The third kappa shape index (κ3) is 5.30. The summed E-state index contributed by atoms with van der Waals surface area (Å²) in [5, 5.41) is 5.79. The Balaban J connectivity index is 1.31. The number of piperidine rings is 2. The van der Waals surface area contributed by atoms with Crippen LogP contribution in [0.5, 0.6) is 0 Å². The van der Waals surface area contributed by atoms with E-state index in [4.69, 9.17) is 26.4 Å². The van der Waals surface area contributed by atoms with Gasteiger partial charge >= 0.3 is 0 Å². The molecule has 6 nitrogen and oxygen atoms in total. The number of fused-ring (bicyclic) bond motifs is 1. The lowest BCUT2D eigenvalue weighted by molar-refractivity contribution is 0.0969. The molecule has 0 aliphatic carbocycles. The number of benzene rings is 1. The van der Waals surface area contributed by atoms with Gasteiger partial charge in [0.05, 0.1) is 11.4 Å². The van der Waals surface area contributed by atoms with Crippen LogP contribution in [-0.2, 0) is 17.8 Å². The van der Waals surface area contributed by atoms with Crippen molar-refractivity contribution in [2.45, 2.75) is 51.6 Å². The van der Waals surface area contributed by atoms with Crippen molar-refractivity contribution in [3.05, 3.63) is 64.1 Å². The lowest BCUT2D eigenvalue weighted by Gasteiger charge is -2.33. The smallest absolute Gasteiger partial charge is 0.160 e. The molecule has 2 aromatic heterocycles. The highest BCUT2D eigenvalue weighted by Crippen LogP contribution is 2.30. The maximum atomic E-state index is 6.07. The van der Waals surface area contributed by atoms with Gasteiger partial charge < -0.3 is 4.74 Å². The monoisotopic (exact) mass is 481 g/mol. The lowest BCUT2D eigenvalue weighted by Crippen LogP contribution is -2.35. The highest BCUT2D eigenvalue weighted by molar-refractivity contribution is 6.30. The van der Waals surface area contributed by atoms with Crippen molar-refractivity contribution in [3.8, 4) is 0 Å². The maximum Gasteiger partial charge on any atom is 0.160 e. The van der Waals surface area contributed by atoms with Crippen molar-refractivity contribution in [2.75, 3.05) is 39.9 Å². The number of ether oxygens (including phenoxy) is 1. The molecule has 7 heteroatoms. The van der Waals surface area contributed by atoms with Gasteiger partial charge in [-0.25, -0.2) is 9.50 Å². The van der Waals surface area contributed by atoms with Crippen LogP contribution in [0.2, 0.25) is 5.02 Å². The zero-order valence-corrected chi connectivity index (χ0v) is 21.2. The largest absolute Gasteiger partial charge is 0.384 e. The van der Waals surface area contributed by atoms with Crippen LogP contribution in [-0.4, -0.2) is 64.3 Å². The molecule has 1 unspecified atom stereocenters. The van der Waals surface area contributed by atoms with Gasteiger partial charge in [0, 0.05) is 56.1 Å². The van der Waals surface area contributed by atoms with Gasteiger partial charge in [0.2, 0.25) is 0 Å². The Morgan fingerprint density at radius 3 is 2.56 bits per heavy atom. The number of hydrogen-bond donors (Lipinski definition) is 0. The average Bonchev–Trinajstić information content (AvgIpc) is 3.17. The van der Waals surface area contributed by atoms with Crippen LogP contribution in [0.15, 0.2) is 36.5 Å². The molecule has 0 bridgehead atoms. The van der Waals surface area contributed by atoms with Crippen LogP contribution in [0.4, 0.5) is 0 Å². The van der Waals surface area contributed by atoms with Gasteiger partial charge in [-0.1, -0.05) is 23.7 Å². The summed E-state index contributed by atoms with van der Waals surface area (Å²) < 4.78 is 7.50. The Morgan fingerprint density at radius 2 is 1.79 bits per heavy atom. The molecule has 0 amide bonds. The highest BCUT2D eigenvalue weighted by atomic mass is 35.5. The number of methoxy groups -OCH3 is 1. The third-order valence-electron chi connectivity index (χ3n) is 7.58. The molecule has 34 heavy (non-hydrogen) atoms. The molecule has 2 saturated heterocycles. The van der Waals surface area contributed by atoms with Crippen molar-refractivity contribution in [1.82, 2.24) is 24.4 Å². The molecule has 0 saturated carbocycles. The van der Waals surface area contributed by atoms with Crippen LogP contribution in [0, 0.1) is 12.8 Å². The summed E-state index contributed by atoms with van der Waals surface area (Å²) in [4.78, 5) is 9.91. The van der Waals surface area contributed by atoms with Crippen molar-refractivity contribution < 1.29 is 4.74 Å². The Bertz CT molecular complexity index is 1090. The van der Waals surface area contributed by atoms with E-state index >= 15 is 0 Å². The SMILES string of the molecule is COCC1CCN(Cc2c(C)nn3c(C4CCCN(Cc5ccc(Cl)cc5)C4)ccnc23)CC1. The normalized spacial score (nSPS) is 20.9. The summed E-state index contributed by atoms with van der Waals surface area (Å²) in [5.41, 5.74) is 6.02. The minimum absolute atomic E-state index is 0.462. The Kier molecular flexibility index (Phi) is 7.49. The van der Waals surface area contributed by atoms with Crippen molar-refractivity contribution in [1.29, 1.82) is 0 Å². The zero-order chi connectivity index (χ0) is 23.5. The Morgan fingerprint density at radius 1 is 1.00 bits per heavy atom. The number of hydrogen-bond acceptors (Lipinski definition) is 5. The fourth-order valence-electron chi connectivity index (χ4n) is 5.67. The molecule has 2 aliphatic heterocycles. The van der Waals surface area contributed by atoms with Crippen LogP contribution in [0.25, 0.3) is 5.65 Å². The van der Waals surface area contributed by atoms with E-state index < -0.39 is 0 Å². The standard InChI is InChI=1S/C27H36ClN5O/c1-20-25(18-31-14-10-22(11-15-31)19-34-2)27-29-12-9-26(33(27)30-20)23-4-3-13-32(17-23)16-21-5-7-24(28)8-6-21/h5-9,12,22-23H,3-4,10-11,13-19H2,1-2H3. The average molecular weight is 482 g/mol. The summed E-state index contributed by atoms with van der Waals surface area (Å²) in [6.45, 7) is 9.32. The topological polar surface area (TPSA) is 45.9 Å². The molecule has 3 aromatic rings. The molecular formula is C27H36ClN5O. The molecule has 0 spiro atoms. The van der Waals surface area contributed by atoms with Gasteiger partial charge in [-0.2, -0.15) is 5.10 Å². The molecule has 0 radical (unpaired) electrons. The van der Waals surface area contributed by atoms with E-state index in [-0.39, 0.29) is 0 Å². The Hall–Kier alpha value is -1.99. The summed E-state index contributed by atoms with van der Waals surface area (Å²) >= 11 is 6.07. The van der Waals surface area contributed by atoms with E-state index in [2.05, 4.69) is 39.4 Å². The maximum absolute atomic E-state index is 6.07. The predicted octanol–water partition coefficient (Wildman–Crippen LogP) is 4.93. The van der Waals surface area contributed by atoms with Gasteiger partial charge in [-0.05, 0) is 81.9 Å². The van der Waals surface area contributed by atoms with Crippen LogP contribution in [0.1, 0.15) is 54.1 Å². The van der Waals surface area contributed by atoms with E-state index in [1.165, 1.54) is 42.5 Å². The molecule has 5 rings (SSSR count). The first-order chi connectivity index (χ1) is 16.6. The van der Waals surface area contributed by atoms with Gasteiger partial charge in [-0.15, -0.1) is 0 Å². The van der Waals surface area contributed by atoms with Gasteiger partial charge in [0.15, 0.2) is 5.65 Å². The predicted molar refractivity (Wildman–Crippen MR) is 136 cm³/mol. The van der Waals surface area contributed by atoms with Gasteiger partial charge in [0.1, 0.15) is 0 Å². The van der Waals surface area contributed by atoms with Crippen LogP contribution in [0.3, 0.4) is 0 Å². The second kappa shape index (κ2) is 10.7. The summed E-state index contributed by atoms with van der Waals surface area (Å²) in [6.07, 6.45) is 6.79. The quantitative estimate of drug-likeness (QED) is 0.479. The molecule has 1 aromatic carbocycles. The molecule has 0 N–H and O–H groups in total. The van der Waals surface area contributed by atoms with E-state index in [1.807, 2.05) is 18.3 Å². The van der Waals surface area contributed by atoms with Crippen LogP contribution >= 0.6 is 11.6 Å². The fraction of sp³-hybridized carbons (Fsp3) is 0.556. The number of rotatable bonds is 7. The van der Waals surface area contributed by atoms with E-state index in [9.17, 15) is 0 Å². The van der Waals surface area contributed by atoms with Gasteiger partial charge in [0.25, 0.3) is 0 Å². The van der Waals surface area contributed by atoms with E-state index in [0.717, 1.165) is 62.2 Å². The van der Waals surface area contributed by atoms with E-state index in [1.54, 1.807) is 7.11 Å². The minimum atomic E-state index is 0.462. The van der Waals surface area contributed by atoms with Crippen LogP contribution < -0.4 is 0 Å². The fourth-order valence-corrected chi connectivity index (χ4v) is 5.79. The molecule has 1 atom stereocenters. The summed E-state index contributed by atoms with van der Waals surface area (Å²) in [5.74, 6) is 1.15. The number of likely N-dealkylation sites (tertiary alicyclic amines) is 2. The molecule has 4 heterocycles. The highest BCUT2D eigenvalue weighted by Gasteiger charge is 2.26. The molecule has 2 aliphatic rings.